The number of hydrogen-bond acceptors (Lipinski definition) is 0. The quantitative estimate of drug-likeness (QED) is 0.539. The van der Waals surface area contributed by atoms with Crippen LogP contribution in [0.5, 0.6) is 0 Å². The number of rotatable bonds is 6. The van der Waals surface area contributed by atoms with Gasteiger partial charge < -0.3 is 28.9 Å². The number of hydrogen-bond donors (Lipinski definition) is 1. The van der Waals surface area contributed by atoms with Crippen LogP contribution >= 0.6 is 0 Å². The van der Waals surface area contributed by atoms with E-state index in [4.69, 9.17) is 0 Å². The van der Waals surface area contributed by atoms with Crippen molar-refractivity contribution in [3.05, 3.63) is 0 Å². The number of unbranched alkanes of at least 4 members (excludes halogenated alkanes) is 2. The molecule has 1 nitrogen and oxygen atoms in total. The lowest BCUT2D eigenvalue weighted by Crippen LogP contribution is -3.08. The van der Waals surface area contributed by atoms with Gasteiger partial charge in [0.15, 0.2) is 0 Å². The Morgan fingerprint density at radius 3 is 1.55 bits per heavy atom. The Kier molecular flexibility index (Phi) is 13.8. The highest BCUT2D eigenvalue weighted by atomic mass is 127. The van der Waals surface area contributed by atoms with Gasteiger partial charge in [-0.1, -0.05) is 26.7 Å². The molecule has 0 aliphatic heterocycles. The van der Waals surface area contributed by atoms with E-state index in [0.29, 0.717) is 0 Å². The third-order valence-electron chi connectivity index (χ3n) is 1.91. The lowest BCUT2D eigenvalue weighted by Gasteiger charge is -2.11. The average molecular weight is 271 g/mol. The minimum absolute atomic E-state index is 0. The fourth-order valence-corrected chi connectivity index (χ4v) is 1.08. The van der Waals surface area contributed by atoms with Gasteiger partial charge in [-0.25, -0.2) is 0 Å². The molecule has 2 heteroatoms. The van der Waals surface area contributed by atoms with E-state index in [2.05, 4.69) is 20.9 Å². The SMILES string of the molecule is CCCC[NH+](C)CCCC.[I-]. The summed E-state index contributed by atoms with van der Waals surface area (Å²) in [6.07, 6.45) is 5.44. The predicted molar refractivity (Wildman–Crippen MR) is 46.4 cm³/mol. The van der Waals surface area contributed by atoms with Crippen LogP contribution in [-0.4, -0.2) is 20.1 Å². The molecule has 0 aliphatic carbocycles. The summed E-state index contributed by atoms with van der Waals surface area (Å²) in [5.74, 6) is 0. The van der Waals surface area contributed by atoms with E-state index >= 15 is 0 Å². The zero-order valence-electron chi connectivity index (χ0n) is 8.12. The number of quaternary nitrogens is 1. The second-order valence-electron chi connectivity index (χ2n) is 3.16. The first kappa shape index (κ1) is 14.2. The fraction of sp³-hybridized carbons (Fsp3) is 1.00. The van der Waals surface area contributed by atoms with Crippen molar-refractivity contribution in [2.24, 2.45) is 0 Å². The van der Waals surface area contributed by atoms with Crippen molar-refractivity contribution in [1.29, 1.82) is 0 Å². The van der Waals surface area contributed by atoms with E-state index < -0.39 is 0 Å². The van der Waals surface area contributed by atoms with Crippen LogP contribution in [0.3, 0.4) is 0 Å². The van der Waals surface area contributed by atoms with E-state index in [1.165, 1.54) is 38.8 Å². The van der Waals surface area contributed by atoms with Gasteiger partial charge in [0.1, 0.15) is 0 Å². The van der Waals surface area contributed by atoms with Crippen LogP contribution in [-0.2, 0) is 0 Å². The summed E-state index contributed by atoms with van der Waals surface area (Å²) in [4.78, 5) is 1.70. The molecule has 0 atom stereocenters. The van der Waals surface area contributed by atoms with Gasteiger partial charge in [-0.2, -0.15) is 0 Å². The molecule has 0 heterocycles. The molecular formula is C9H22IN. The molecule has 0 fully saturated rings. The summed E-state index contributed by atoms with van der Waals surface area (Å²) < 4.78 is 0. The molecule has 0 aromatic carbocycles. The average Bonchev–Trinajstić information content (AvgIpc) is 1.97. The van der Waals surface area contributed by atoms with Gasteiger partial charge in [0.2, 0.25) is 0 Å². The Morgan fingerprint density at radius 2 is 1.27 bits per heavy atom. The molecular weight excluding hydrogens is 249 g/mol. The van der Waals surface area contributed by atoms with Crippen molar-refractivity contribution in [3.8, 4) is 0 Å². The van der Waals surface area contributed by atoms with Gasteiger partial charge in [0.05, 0.1) is 20.1 Å². The van der Waals surface area contributed by atoms with Crippen LogP contribution in [0.4, 0.5) is 0 Å². The molecule has 0 aromatic heterocycles. The molecule has 0 amide bonds. The Morgan fingerprint density at radius 1 is 0.909 bits per heavy atom. The lowest BCUT2D eigenvalue weighted by molar-refractivity contribution is -0.880. The smallest absolute Gasteiger partial charge is 0.0768 e. The van der Waals surface area contributed by atoms with Gasteiger partial charge >= 0.3 is 0 Å². The van der Waals surface area contributed by atoms with E-state index in [1.807, 2.05) is 0 Å². The van der Waals surface area contributed by atoms with Crippen molar-refractivity contribution in [2.75, 3.05) is 20.1 Å². The molecule has 0 bridgehead atoms. The van der Waals surface area contributed by atoms with Crippen molar-refractivity contribution < 1.29 is 28.9 Å². The van der Waals surface area contributed by atoms with E-state index in [1.54, 1.807) is 4.90 Å². The van der Waals surface area contributed by atoms with E-state index in [-0.39, 0.29) is 24.0 Å². The lowest BCUT2D eigenvalue weighted by atomic mass is 10.3. The zero-order valence-corrected chi connectivity index (χ0v) is 10.3. The maximum Gasteiger partial charge on any atom is 0.0768 e. The zero-order chi connectivity index (χ0) is 7.82. The largest absolute Gasteiger partial charge is 1.00 e. The number of nitrogens with one attached hydrogen (secondary N) is 1. The monoisotopic (exact) mass is 271 g/mol. The van der Waals surface area contributed by atoms with Gasteiger partial charge in [-0.05, 0) is 12.8 Å². The first-order valence-corrected chi connectivity index (χ1v) is 4.62. The molecule has 0 aliphatic rings. The molecule has 0 rings (SSSR count). The van der Waals surface area contributed by atoms with Crippen LogP contribution < -0.4 is 28.9 Å². The predicted octanol–water partition coefficient (Wildman–Crippen LogP) is -1.89. The minimum atomic E-state index is 0. The molecule has 0 aromatic rings. The van der Waals surface area contributed by atoms with Gasteiger partial charge in [0, 0.05) is 0 Å². The molecule has 0 saturated carbocycles. The highest BCUT2D eigenvalue weighted by Crippen LogP contribution is 1.81. The van der Waals surface area contributed by atoms with Crippen LogP contribution in [0, 0.1) is 0 Å². The highest BCUT2D eigenvalue weighted by Gasteiger charge is 1.97. The summed E-state index contributed by atoms with van der Waals surface area (Å²) in [5, 5.41) is 0. The van der Waals surface area contributed by atoms with Gasteiger partial charge in [-0.15, -0.1) is 0 Å². The Labute approximate surface area is 88.6 Å². The van der Waals surface area contributed by atoms with Crippen molar-refractivity contribution in [1.82, 2.24) is 0 Å². The second kappa shape index (κ2) is 10.7. The molecule has 70 valence electrons. The topological polar surface area (TPSA) is 4.44 Å². The third kappa shape index (κ3) is 10.7. The normalized spacial score (nSPS) is 9.82. The van der Waals surface area contributed by atoms with Gasteiger partial charge in [-0.3, -0.25) is 0 Å². The summed E-state index contributed by atoms with van der Waals surface area (Å²) >= 11 is 0. The first-order valence-electron chi connectivity index (χ1n) is 4.62. The van der Waals surface area contributed by atoms with Crippen LogP contribution in [0.1, 0.15) is 39.5 Å². The van der Waals surface area contributed by atoms with Crippen molar-refractivity contribution in [3.63, 3.8) is 0 Å². The molecule has 0 saturated heterocycles. The molecule has 11 heavy (non-hydrogen) atoms. The Balaban J connectivity index is 0. The van der Waals surface area contributed by atoms with Crippen molar-refractivity contribution in [2.45, 2.75) is 39.5 Å². The maximum atomic E-state index is 2.30. The summed E-state index contributed by atoms with van der Waals surface area (Å²) in [7, 11) is 2.30. The molecule has 0 radical (unpaired) electrons. The minimum Gasteiger partial charge on any atom is -1.00 e. The Hall–Kier alpha value is 0.690. The Bertz CT molecular complexity index is 58.6. The molecule has 0 spiro atoms. The molecule has 1 N–H and O–H groups in total. The van der Waals surface area contributed by atoms with Crippen molar-refractivity contribution >= 4 is 0 Å². The van der Waals surface area contributed by atoms with Gasteiger partial charge in [0.25, 0.3) is 0 Å². The van der Waals surface area contributed by atoms with E-state index in [9.17, 15) is 0 Å². The summed E-state index contributed by atoms with van der Waals surface area (Å²) in [5.41, 5.74) is 0. The van der Waals surface area contributed by atoms with Crippen LogP contribution in [0.25, 0.3) is 0 Å². The molecule has 0 unspecified atom stereocenters. The highest BCUT2D eigenvalue weighted by molar-refractivity contribution is 4.31. The summed E-state index contributed by atoms with van der Waals surface area (Å²) in [6.45, 7) is 7.23. The summed E-state index contributed by atoms with van der Waals surface area (Å²) in [6, 6.07) is 0. The standard InChI is InChI=1S/C9H21N.HI/c1-4-6-8-10(3)9-7-5-2;/h4-9H2,1-3H3;1H. The van der Waals surface area contributed by atoms with Crippen LogP contribution in [0.15, 0.2) is 0 Å². The first-order chi connectivity index (χ1) is 4.81. The fourth-order valence-electron chi connectivity index (χ4n) is 1.08. The van der Waals surface area contributed by atoms with E-state index in [0.717, 1.165) is 0 Å². The second-order valence-corrected chi connectivity index (χ2v) is 3.16. The third-order valence-corrected chi connectivity index (χ3v) is 1.91. The maximum absolute atomic E-state index is 2.30. The number of halogens is 1. The van der Waals surface area contributed by atoms with Crippen LogP contribution in [0.2, 0.25) is 0 Å².